The van der Waals surface area contributed by atoms with Crippen molar-refractivity contribution in [2.75, 3.05) is 0 Å². The average Bonchev–Trinajstić information content (AvgIpc) is 2.95. The van der Waals surface area contributed by atoms with E-state index in [2.05, 4.69) is 26.2 Å². The molecular weight excluding hydrogens is 537 g/mol. The van der Waals surface area contributed by atoms with Crippen LogP contribution in [-0.2, 0) is 0 Å². The van der Waals surface area contributed by atoms with Gasteiger partial charge in [0.25, 0.3) is 0 Å². The number of hydrogen-bond donors (Lipinski definition) is 0. The fourth-order valence-corrected chi connectivity index (χ4v) is 12.9. The minimum Gasteiger partial charge on any atom is -0.0693 e. The van der Waals surface area contributed by atoms with Gasteiger partial charge in [0.15, 0.2) is 0 Å². The zero-order valence-corrected chi connectivity index (χ0v) is 32.5. The standard InChI is InChI=1S/C40H84Si2/c1-41(2)37-33-29-25-21-17-13-9-5-7-11-15-19-23-27-31-35-39-42(3,4)40-36-32-28-24-20-16-12-8-6-10-14-18-22-26-30-34-38-41/h5-40H2,1-4H3. The SMILES string of the molecule is C[Si]1(C)CCCCCCCCCCCCCCCCCC[Si](C)(C)CCCCCCCCCCCCCCCCCC1. The summed E-state index contributed by atoms with van der Waals surface area (Å²) in [5, 5.41) is 0. The summed E-state index contributed by atoms with van der Waals surface area (Å²) in [6.07, 6.45) is 48.2. The highest BCUT2D eigenvalue weighted by Gasteiger charge is 2.20. The Hall–Kier alpha value is 0.434. The first-order valence-corrected chi connectivity index (χ1v) is 27.2. The summed E-state index contributed by atoms with van der Waals surface area (Å²) in [6.45, 7) is 10.7. The zero-order valence-electron chi connectivity index (χ0n) is 30.5. The second-order valence-electron chi connectivity index (χ2n) is 16.6. The highest BCUT2D eigenvalue weighted by Crippen LogP contribution is 2.25. The molecule has 0 bridgehead atoms. The topological polar surface area (TPSA) is 0 Å². The molecule has 0 aromatic rings. The second kappa shape index (κ2) is 28.9. The normalized spacial score (nSPS) is 25.4. The van der Waals surface area contributed by atoms with Crippen molar-refractivity contribution in [2.24, 2.45) is 0 Å². The molecule has 0 radical (unpaired) electrons. The van der Waals surface area contributed by atoms with Crippen LogP contribution < -0.4 is 0 Å². The van der Waals surface area contributed by atoms with Crippen molar-refractivity contribution in [3.05, 3.63) is 0 Å². The Balaban J connectivity index is 2.18. The third-order valence-electron chi connectivity index (χ3n) is 10.9. The molecule has 1 saturated heterocycles. The van der Waals surface area contributed by atoms with Crippen molar-refractivity contribution in [3.63, 3.8) is 0 Å². The third-order valence-corrected chi connectivity index (χ3v) is 17.7. The summed E-state index contributed by atoms with van der Waals surface area (Å²) in [7, 11) is -1.84. The molecule has 0 aromatic carbocycles. The van der Waals surface area contributed by atoms with Gasteiger partial charge in [0.2, 0.25) is 0 Å². The van der Waals surface area contributed by atoms with Crippen LogP contribution in [0.25, 0.3) is 0 Å². The molecule has 0 aromatic heterocycles. The van der Waals surface area contributed by atoms with E-state index in [1.807, 2.05) is 0 Å². The van der Waals surface area contributed by atoms with E-state index in [9.17, 15) is 0 Å². The van der Waals surface area contributed by atoms with Gasteiger partial charge in [-0.1, -0.05) is 256 Å². The van der Waals surface area contributed by atoms with Gasteiger partial charge in [0, 0.05) is 16.1 Å². The molecule has 0 unspecified atom stereocenters. The number of hydrogen-bond acceptors (Lipinski definition) is 0. The van der Waals surface area contributed by atoms with E-state index in [0.29, 0.717) is 0 Å². The fourth-order valence-electron chi connectivity index (χ4n) is 7.61. The van der Waals surface area contributed by atoms with Gasteiger partial charge in [-0.15, -0.1) is 0 Å². The van der Waals surface area contributed by atoms with Crippen LogP contribution in [0.1, 0.15) is 205 Å². The molecule has 0 nitrogen and oxygen atoms in total. The smallest absolute Gasteiger partial charge is 0.0473 e. The molecule has 0 saturated carbocycles. The van der Waals surface area contributed by atoms with Crippen molar-refractivity contribution < 1.29 is 0 Å². The Morgan fingerprint density at radius 2 is 0.262 bits per heavy atom. The molecule has 1 heterocycles. The first kappa shape index (κ1) is 40.5. The zero-order chi connectivity index (χ0) is 30.5. The largest absolute Gasteiger partial charge is 0.0693 e. The van der Waals surface area contributed by atoms with Crippen molar-refractivity contribution in [2.45, 2.75) is 256 Å². The van der Waals surface area contributed by atoms with Crippen LogP contribution in [0.15, 0.2) is 0 Å². The summed E-state index contributed by atoms with van der Waals surface area (Å²) in [4.78, 5) is 0. The van der Waals surface area contributed by atoms with E-state index in [4.69, 9.17) is 0 Å². The highest BCUT2D eigenvalue weighted by atomic mass is 28.3. The molecule has 0 N–H and O–H groups in total. The maximum absolute atomic E-state index is 2.68. The molecule has 252 valence electrons. The van der Waals surface area contributed by atoms with Crippen LogP contribution in [0.3, 0.4) is 0 Å². The summed E-state index contributed by atoms with van der Waals surface area (Å²) in [5.41, 5.74) is 0. The predicted molar refractivity (Wildman–Crippen MR) is 202 cm³/mol. The lowest BCUT2D eigenvalue weighted by Gasteiger charge is -2.22. The van der Waals surface area contributed by atoms with Gasteiger partial charge in [0.1, 0.15) is 0 Å². The van der Waals surface area contributed by atoms with Crippen LogP contribution in [0.2, 0.25) is 50.4 Å². The first-order chi connectivity index (χ1) is 20.4. The lowest BCUT2D eigenvalue weighted by molar-refractivity contribution is 0.529. The fraction of sp³-hybridized carbons (Fsp3) is 1.00. The van der Waals surface area contributed by atoms with Crippen LogP contribution in [0.4, 0.5) is 0 Å². The minimum atomic E-state index is -0.921. The van der Waals surface area contributed by atoms with Gasteiger partial charge in [-0.25, -0.2) is 0 Å². The van der Waals surface area contributed by atoms with Crippen LogP contribution in [0.5, 0.6) is 0 Å². The van der Waals surface area contributed by atoms with Crippen LogP contribution >= 0.6 is 0 Å². The van der Waals surface area contributed by atoms with Gasteiger partial charge in [-0.05, 0) is 0 Å². The molecule has 2 heteroatoms. The van der Waals surface area contributed by atoms with Gasteiger partial charge >= 0.3 is 0 Å². The monoisotopic (exact) mass is 621 g/mol. The van der Waals surface area contributed by atoms with Crippen LogP contribution in [0, 0.1) is 0 Å². The Morgan fingerprint density at radius 1 is 0.167 bits per heavy atom. The van der Waals surface area contributed by atoms with E-state index in [0.717, 1.165) is 0 Å². The molecule has 0 amide bonds. The maximum atomic E-state index is 2.68. The van der Waals surface area contributed by atoms with E-state index >= 15 is 0 Å². The third kappa shape index (κ3) is 29.2. The van der Waals surface area contributed by atoms with Gasteiger partial charge in [-0.3, -0.25) is 0 Å². The number of rotatable bonds is 0. The first-order valence-electron chi connectivity index (χ1n) is 20.4. The highest BCUT2D eigenvalue weighted by molar-refractivity contribution is 6.77. The van der Waals surface area contributed by atoms with E-state index in [-0.39, 0.29) is 0 Å². The van der Waals surface area contributed by atoms with Gasteiger partial charge in [-0.2, -0.15) is 0 Å². The van der Waals surface area contributed by atoms with Crippen LogP contribution in [-0.4, -0.2) is 16.1 Å². The lowest BCUT2D eigenvalue weighted by atomic mass is 10.0. The molecule has 42 heavy (non-hydrogen) atoms. The summed E-state index contributed by atoms with van der Waals surface area (Å²) >= 11 is 0. The molecule has 1 rings (SSSR count). The Morgan fingerprint density at radius 3 is 0.381 bits per heavy atom. The van der Waals surface area contributed by atoms with E-state index in [1.54, 1.807) is 24.2 Å². The van der Waals surface area contributed by atoms with E-state index < -0.39 is 16.1 Å². The average molecular weight is 621 g/mol. The van der Waals surface area contributed by atoms with Crippen molar-refractivity contribution in [1.82, 2.24) is 0 Å². The molecule has 1 aliphatic rings. The second-order valence-corrected chi connectivity index (χ2v) is 27.3. The molecule has 0 aliphatic carbocycles. The van der Waals surface area contributed by atoms with Gasteiger partial charge < -0.3 is 0 Å². The maximum Gasteiger partial charge on any atom is 0.0473 e. The molecule has 1 aliphatic heterocycles. The van der Waals surface area contributed by atoms with Crippen molar-refractivity contribution in [3.8, 4) is 0 Å². The molecule has 1 fully saturated rings. The molecule has 0 atom stereocenters. The Labute approximate surface area is 271 Å². The molecule has 0 spiro atoms. The summed E-state index contributed by atoms with van der Waals surface area (Å²) in [6, 6.07) is 6.36. The van der Waals surface area contributed by atoms with E-state index in [1.165, 1.54) is 205 Å². The molecular formula is C40H84Si2. The quantitative estimate of drug-likeness (QED) is 0.236. The predicted octanol–water partition coefficient (Wildman–Crippen LogP) is 15.9. The lowest BCUT2D eigenvalue weighted by Crippen LogP contribution is -2.24. The Kier molecular flexibility index (Phi) is 27.8. The van der Waals surface area contributed by atoms with Crippen molar-refractivity contribution >= 4 is 16.1 Å². The summed E-state index contributed by atoms with van der Waals surface area (Å²) < 4.78 is 0. The Bertz CT molecular complexity index is 448. The van der Waals surface area contributed by atoms with Crippen molar-refractivity contribution in [1.29, 1.82) is 0 Å². The van der Waals surface area contributed by atoms with Gasteiger partial charge in [0.05, 0.1) is 0 Å². The minimum absolute atomic E-state index is 0.921. The summed E-state index contributed by atoms with van der Waals surface area (Å²) in [5.74, 6) is 0.